The number of quaternary nitrogens is 1. The number of carbonyl (C=O) groups excluding carboxylic acids is 1. The van der Waals surface area contributed by atoms with Gasteiger partial charge in [-0.2, -0.15) is 0 Å². The summed E-state index contributed by atoms with van der Waals surface area (Å²) in [6.07, 6.45) is 5.79. The lowest BCUT2D eigenvalue weighted by Crippen LogP contribution is -2.64. The number of fused-ring (bicyclic) bond motifs is 3. The van der Waals surface area contributed by atoms with E-state index in [-0.39, 0.29) is 12.1 Å². The molecule has 31 heavy (non-hydrogen) atoms. The van der Waals surface area contributed by atoms with Crippen LogP contribution in [0.4, 0.5) is 5.69 Å². The molecule has 0 radical (unpaired) electrons. The van der Waals surface area contributed by atoms with Crippen LogP contribution >= 0.6 is 0 Å². The number of carbonyl (C=O) groups is 1. The molecule has 2 unspecified atom stereocenters. The lowest BCUT2D eigenvalue weighted by molar-refractivity contribution is -0.945. The Kier molecular flexibility index (Phi) is 6.77. The Balaban J connectivity index is 1.47. The molecule has 0 aliphatic carbocycles. The number of nitrogens with one attached hydrogen (secondary N) is 1. The van der Waals surface area contributed by atoms with E-state index in [1.165, 1.54) is 18.7 Å². The topological polar surface area (TPSA) is 38.3 Å². The molecule has 164 valence electrons. The third-order valence-electron chi connectivity index (χ3n) is 6.92. The monoisotopic (exact) mass is 419 g/mol. The van der Waals surface area contributed by atoms with Gasteiger partial charge in [0.2, 0.25) is 0 Å². The number of benzene rings is 2. The Hall–Kier alpha value is -2.59. The van der Waals surface area contributed by atoms with E-state index < -0.39 is 6.04 Å². The Morgan fingerprint density at radius 2 is 1.71 bits per heavy atom. The molecule has 5 rings (SSSR count). The van der Waals surface area contributed by atoms with Gasteiger partial charge >= 0.3 is 5.97 Å². The fraction of sp³-hybridized carbons (Fsp3) is 0.444. The van der Waals surface area contributed by atoms with Crippen molar-refractivity contribution < 1.29 is 14.0 Å². The summed E-state index contributed by atoms with van der Waals surface area (Å²) in [6.45, 7) is 8.88. The molecule has 3 saturated heterocycles. The Labute approximate surface area is 186 Å². The highest BCUT2D eigenvalue weighted by Crippen LogP contribution is 2.36. The molecule has 2 aromatic rings. The van der Waals surface area contributed by atoms with Crippen molar-refractivity contribution in [3.05, 3.63) is 77.9 Å². The quantitative estimate of drug-likeness (QED) is 0.356. The summed E-state index contributed by atoms with van der Waals surface area (Å²) in [7, 11) is 0. The SMILES string of the molecule is CC(C)=CCC[N+]12CCC(CC1)C(OC(=O)C(Nc1ccccc1)c1ccccc1)C2. The first-order valence-electron chi connectivity index (χ1n) is 11.6. The molecule has 2 bridgehead atoms. The minimum absolute atomic E-state index is 0.0190. The van der Waals surface area contributed by atoms with Crippen molar-refractivity contribution in [1.29, 1.82) is 0 Å². The van der Waals surface area contributed by atoms with Gasteiger partial charge in [-0.05, 0) is 31.5 Å². The average Bonchev–Trinajstić information content (AvgIpc) is 2.79. The molecular weight excluding hydrogens is 384 g/mol. The number of para-hydroxylation sites is 1. The molecule has 1 N–H and O–H groups in total. The summed E-state index contributed by atoms with van der Waals surface area (Å²) in [5.41, 5.74) is 3.24. The van der Waals surface area contributed by atoms with Gasteiger partial charge in [0.15, 0.2) is 12.1 Å². The second kappa shape index (κ2) is 9.69. The molecule has 3 aliphatic heterocycles. The van der Waals surface area contributed by atoms with Gasteiger partial charge in [0.05, 0.1) is 19.6 Å². The number of ether oxygens (including phenoxy) is 1. The molecule has 4 nitrogen and oxygen atoms in total. The van der Waals surface area contributed by atoms with Crippen molar-refractivity contribution in [3.63, 3.8) is 0 Å². The maximum Gasteiger partial charge on any atom is 0.333 e. The molecule has 2 aromatic carbocycles. The van der Waals surface area contributed by atoms with Gasteiger partial charge in [0.1, 0.15) is 6.54 Å². The third-order valence-corrected chi connectivity index (χ3v) is 6.92. The smallest absolute Gasteiger partial charge is 0.333 e. The number of anilines is 1. The maximum absolute atomic E-state index is 13.4. The van der Waals surface area contributed by atoms with E-state index in [4.69, 9.17) is 4.74 Å². The zero-order valence-corrected chi connectivity index (χ0v) is 18.8. The van der Waals surface area contributed by atoms with Gasteiger partial charge in [-0.3, -0.25) is 0 Å². The van der Waals surface area contributed by atoms with Gasteiger partial charge in [-0.1, -0.05) is 60.2 Å². The summed E-state index contributed by atoms with van der Waals surface area (Å²) in [4.78, 5) is 13.4. The number of nitrogens with zero attached hydrogens (tertiary/aromatic N) is 1. The van der Waals surface area contributed by atoms with Crippen molar-refractivity contribution in [2.45, 2.75) is 45.3 Å². The fourth-order valence-corrected chi connectivity index (χ4v) is 5.14. The lowest BCUT2D eigenvalue weighted by atomic mass is 9.83. The van der Waals surface area contributed by atoms with Crippen LogP contribution in [0.2, 0.25) is 0 Å². The largest absolute Gasteiger partial charge is 0.454 e. The van der Waals surface area contributed by atoms with Crippen molar-refractivity contribution in [2.24, 2.45) is 5.92 Å². The number of rotatable bonds is 8. The van der Waals surface area contributed by atoms with E-state index in [1.807, 2.05) is 60.7 Å². The van der Waals surface area contributed by atoms with E-state index in [1.54, 1.807) is 0 Å². The van der Waals surface area contributed by atoms with E-state index >= 15 is 0 Å². The summed E-state index contributed by atoms with van der Waals surface area (Å²) in [5, 5.41) is 3.40. The summed E-state index contributed by atoms with van der Waals surface area (Å²) in [6, 6.07) is 19.3. The average molecular weight is 420 g/mol. The van der Waals surface area contributed by atoms with Crippen LogP contribution < -0.4 is 5.32 Å². The number of esters is 1. The van der Waals surface area contributed by atoms with E-state index in [0.717, 1.165) is 48.1 Å². The Bertz CT molecular complexity index is 882. The van der Waals surface area contributed by atoms with Gasteiger partial charge in [-0.15, -0.1) is 0 Å². The molecule has 3 heterocycles. The number of hydrogen-bond donors (Lipinski definition) is 1. The summed E-state index contributed by atoms with van der Waals surface area (Å²) >= 11 is 0. The van der Waals surface area contributed by atoms with Crippen LogP contribution in [0.5, 0.6) is 0 Å². The molecule has 0 aromatic heterocycles. The van der Waals surface area contributed by atoms with Crippen LogP contribution in [0, 0.1) is 5.92 Å². The zero-order valence-electron chi connectivity index (χ0n) is 18.8. The van der Waals surface area contributed by atoms with Gasteiger partial charge in [0.25, 0.3) is 0 Å². The summed E-state index contributed by atoms with van der Waals surface area (Å²) in [5.74, 6) is 0.330. The number of piperidine rings is 3. The Morgan fingerprint density at radius 3 is 2.35 bits per heavy atom. The molecule has 0 amide bonds. The first-order chi connectivity index (χ1) is 15.0. The predicted molar refractivity (Wildman–Crippen MR) is 126 cm³/mol. The molecule has 4 heteroatoms. The second-order valence-corrected chi connectivity index (χ2v) is 9.43. The van der Waals surface area contributed by atoms with Crippen LogP contribution in [0.3, 0.4) is 0 Å². The van der Waals surface area contributed by atoms with Gasteiger partial charge in [0, 0.05) is 30.9 Å². The maximum atomic E-state index is 13.4. The second-order valence-electron chi connectivity index (χ2n) is 9.43. The molecule has 3 aliphatic rings. The van der Waals surface area contributed by atoms with Crippen LogP contribution in [0.1, 0.15) is 44.7 Å². The molecule has 2 atom stereocenters. The first-order valence-corrected chi connectivity index (χ1v) is 11.6. The first kappa shape index (κ1) is 21.6. The standard InChI is InChI=1S/C27H35N2O2/c1-21(2)10-9-17-29-18-15-22(16-19-29)25(20-29)31-27(30)26(23-11-5-3-6-12-23)28-24-13-7-4-8-14-24/h3-8,10-14,22,25-26,28H,9,15-20H2,1-2H3/q+1. The molecule has 0 saturated carbocycles. The minimum Gasteiger partial charge on any atom is -0.454 e. The highest BCUT2D eigenvalue weighted by Gasteiger charge is 2.47. The predicted octanol–water partition coefficient (Wildman–Crippen LogP) is 5.35. The van der Waals surface area contributed by atoms with E-state index in [0.29, 0.717) is 5.92 Å². The zero-order chi connectivity index (χ0) is 21.7. The third kappa shape index (κ3) is 5.37. The molecular formula is C27H35N2O2+. The van der Waals surface area contributed by atoms with Gasteiger partial charge in [-0.25, -0.2) is 4.79 Å². The van der Waals surface area contributed by atoms with Crippen molar-refractivity contribution in [2.75, 3.05) is 31.5 Å². The van der Waals surface area contributed by atoms with Crippen molar-refractivity contribution in [1.82, 2.24) is 0 Å². The van der Waals surface area contributed by atoms with Crippen molar-refractivity contribution >= 4 is 11.7 Å². The summed E-state index contributed by atoms with van der Waals surface area (Å²) < 4.78 is 7.33. The number of hydrogen-bond acceptors (Lipinski definition) is 3. The molecule has 3 fully saturated rings. The van der Waals surface area contributed by atoms with Crippen LogP contribution in [-0.4, -0.2) is 42.7 Å². The minimum atomic E-state index is -0.502. The lowest BCUT2D eigenvalue weighted by Gasteiger charge is -2.52. The van der Waals surface area contributed by atoms with E-state index in [2.05, 4.69) is 25.2 Å². The van der Waals surface area contributed by atoms with Crippen LogP contribution in [0.15, 0.2) is 72.3 Å². The highest BCUT2D eigenvalue weighted by molar-refractivity contribution is 5.81. The molecule has 0 spiro atoms. The van der Waals surface area contributed by atoms with Crippen LogP contribution in [0.25, 0.3) is 0 Å². The Morgan fingerprint density at radius 1 is 1.06 bits per heavy atom. The number of allylic oxidation sites excluding steroid dienone is 1. The van der Waals surface area contributed by atoms with E-state index in [9.17, 15) is 4.79 Å². The van der Waals surface area contributed by atoms with Crippen LogP contribution in [-0.2, 0) is 9.53 Å². The normalized spacial score (nSPS) is 25.5. The highest BCUT2D eigenvalue weighted by atomic mass is 16.5. The van der Waals surface area contributed by atoms with Gasteiger partial charge < -0.3 is 14.5 Å². The fourth-order valence-electron chi connectivity index (χ4n) is 5.14. The van der Waals surface area contributed by atoms with Crippen molar-refractivity contribution in [3.8, 4) is 0 Å².